The number of amides is 1. The van der Waals surface area contributed by atoms with Gasteiger partial charge in [0.25, 0.3) is 5.91 Å². The molecule has 3 heterocycles. The van der Waals surface area contributed by atoms with Gasteiger partial charge in [-0.15, -0.1) is 0 Å². The minimum Gasteiger partial charge on any atom is -0.334 e. The maximum atomic E-state index is 13.5. The maximum Gasteiger partial charge on any atom is 0.272 e. The van der Waals surface area contributed by atoms with Gasteiger partial charge in [-0.2, -0.15) is 5.10 Å². The lowest BCUT2D eigenvalue weighted by molar-refractivity contribution is 0.0773. The number of benzene rings is 1. The number of pyridine rings is 2. The molecule has 3 aromatic heterocycles. The second-order valence-corrected chi connectivity index (χ2v) is 6.92. The Balaban J connectivity index is 1.81. The van der Waals surface area contributed by atoms with Gasteiger partial charge in [-0.25, -0.2) is 4.39 Å². The molecule has 0 aliphatic carbocycles. The highest BCUT2D eigenvalue weighted by Crippen LogP contribution is 2.34. The summed E-state index contributed by atoms with van der Waals surface area (Å²) in [6.07, 6.45) is 5.04. The summed E-state index contributed by atoms with van der Waals surface area (Å²) < 4.78 is 15.0. The number of aromatic nitrogens is 4. The number of carbonyl (C=O) groups excluding carboxylic acids is 1. The fourth-order valence-corrected chi connectivity index (χ4v) is 3.36. The number of carbonyl (C=O) groups is 1. The molecular weight excluding hydrogens is 381 g/mol. The molecule has 0 aliphatic rings. The van der Waals surface area contributed by atoms with Crippen molar-refractivity contribution < 1.29 is 9.18 Å². The van der Waals surface area contributed by atoms with E-state index in [9.17, 15) is 9.18 Å². The molecule has 1 aromatic carbocycles. The normalized spacial score (nSPS) is 10.8. The summed E-state index contributed by atoms with van der Waals surface area (Å²) in [6, 6.07) is 15.4. The fourth-order valence-electron chi connectivity index (χ4n) is 3.36. The van der Waals surface area contributed by atoms with Crippen LogP contribution in [-0.2, 0) is 13.6 Å². The van der Waals surface area contributed by atoms with E-state index < -0.39 is 0 Å². The molecule has 0 fully saturated rings. The molecule has 4 aromatic rings. The molecule has 7 heteroatoms. The van der Waals surface area contributed by atoms with Crippen LogP contribution in [0.2, 0.25) is 0 Å². The van der Waals surface area contributed by atoms with Crippen molar-refractivity contribution in [3.05, 3.63) is 90.4 Å². The van der Waals surface area contributed by atoms with E-state index >= 15 is 0 Å². The monoisotopic (exact) mass is 401 g/mol. The molecule has 0 spiro atoms. The quantitative estimate of drug-likeness (QED) is 0.508. The van der Waals surface area contributed by atoms with Gasteiger partial charge in [-0.1, -0.05) is 6.07 Å². The van der Waals surface area contributed by atoms with Crippen LogP contribution in [-0.4, -0.2) is 37.6 Å². The largest absolute Gasteiger partial charge is 0.334 e. The van der Waals surface area contributed by atoms with E-state index in [1.54, 1.807) is 54.4 Å². The lowest BCUT2D eigenvalue weighted by atomic mass is 9.99. The van der Waals surface area contributed by atoms with Crippen molar-refractivity contribution in [1.29, 1.82) is 0 Å². The Hall–Kier alpha value is -3.87. The fraction of sp³-hybridized carbons (Fsp3) is 0.130. The molecule has 0 saturated carbocycles. The van der Waals surface area contributed by atoms with Gasteiger partial charge in [0.2, 0.25) is 0 Å². The van der Waals surface area contributed by atoms with Crippen LogP contribution in [0.25, 0.3) is 22.4 Å². The summed E-state index contributed by atoms with van der Waals surface area (Å²) in [7, 11) is 3.47. The Kier molecular flexibility index (Phi) is 5.34. The number of hydrogen-bond acceptors (Lipinski definition) is 4. The number of hydrogen-bond donors (Lipinski definition) is 0. The van der Waals surface area contributed by atoms with Gasteiger partial charge in [0.15, 0.2) is 0 Å². The zero-order valence-corrected chi connectivity index (χ0v) is 16.7. The maximum absolute atomic E-state index is 13.5. The average Bonchev–Trinajstić information content (AvgIpc) is 3.12. The van der Waals surface area contributed by atoms with Crippen molar-refractivity contribution in [3.8, 4) is 22.4 Å². The van der Waals surface area contributed by atoms with Crippen LogP contribution < -0.4 is 0 Å². The van der Waals surface area contributed by atoms with E-state index in [-0.39, 0.29) is 11.7 Å². The Bertz CT molecular complexity index is 1160. The van der Waals surface area contributed by atoms with Crippen LogP contribution in [0.3, 0.4) is 0 Å². The lowest BCUT2D eigenvalue weighted by Crippen LogP contribution is -2.28. The highest BCUT2D eigenvalue weighted by atomic mass is 19.1. The third-order valence-electron chi connectivity index (χ3n) is 4.81. The molecule has 0 atom stereocenters. The highest BCUT2D eigenvalue weighted by Gasteiger charge is 2.26. The van der Waals surface area contributed by atoms with Gasteiger partial charge in [-0.3, -0.25) is 19.4 Å². The van der Waals surface area contributed by atoms with E-state index in [2.05, 4.69) is 15.1 Å². The third kappa shape index (κ3) is 3.82. The molecule has 0 radical (unpaired) electrons. The molecule has 150 valence electrons. The summed E-state index contributed by atoms with van der Waals surface area (Å²) in [5.41, 5.74) is 4.07. The molecule has 0 aliphatic heterocycles. The van der Waals surface area contributed by atoms with Gasteiger partial charge in [0, 0.05) is 43.8 Å². The van der Waals surface area contributed by atoms with Crippen LogP contribution in [0, 0.1) is 5.82 Å². The topological polar surface area (TPSA) is 63.9 Å². The van der Waals surface area contributed by atoms with Crippen molar-refractivity contribution in [2.75, 3.05) is 7.05 Å². The van der Waals surface area contributed by atoms with Gasteiger partial charge >= 0.3 is 0 Å². The number of nitrogens with zero attached hydrogens (tertiary/aromatic N) is 5. The molecule has 0 saturated heterocycles. The van der Waals surface area contributed by atoms with E-state index in [1.807, 2.05) is 30.3 Å². The average molecular weight is 401 g/mol. The minimum atomic E-state index is -0.327. The summed E-state index contributed by atoms with van der Waals surface area (Å²) in [5.74, 6) is -0.512. The summed E-state index contributed by atoms with van der Waals surface area (Å²) in [6.45, 7) is 0.368. The van der Waals surface area contributed by atoms with E-state index in [0.29, 0.717) is 23.5 Å². The first-order valence-electron chi connectivity index (χ1n) is 9.43. The smallest absolute Gasteiger partial charge is 0.272 e. The van der Waals surface area contributed by atoms with Crippen molar-refractivity contribution in [3.63, 3.8) is 0 Å². The van der Waals surface area contributed by atoms with Crippen molar-refractivity contribution >= 4 is 5.91 Å². The Morgan fingerprint density at radius 2 is 1.73 bits per heavy atom. The van der Waals surface area contributed by atoms with Gasteiger partial charge in [-0.05, 0) is 54.1 Å². The molecular formula is C23H20FN5O. The Morgan fingerprint density at radius 1 is 1.00 bits per heavy atom. The summed E-state index contributed by atoms with van der Waals surface area (Å²) in [4.78, 5) is 23.4. The molecule has 0 N–H and O–H groups in total. The van der Waals surface area contributed by atoms with E-state index in [4.69, 9.17) is 0 Å². The molecule has 4 rings (SSSR count). The molecule has 30 heavy (non-hydrogen) atoms. The zero-order chi connectivity index (χ0) is 21.1. The predicted molar refractivity (Wildman–Crippen MR) is 112 cm³/mol. The number of halogens is 1. The molecule has 1 amide bonds. The third-order valence-corrected chi connectivity index (χ3v) is 4.81. The predicted octanol–water partition coefficient (Wildman–Crippen LogP) is 3.96. The van der Waals surface area contributed by atoms with E-state index in [0.717, 1.165) is 16.8 Å². The van der Waals surface area contributed by atoms with Gasteiger partial charge < -0.3 is 4.90 Å². The first-order chi connectivity index (χ1) is 14.5. The standard InChI is InChI=1S/C23H20FN5O/c1-28(15-19-5-3-4-12-26-19)23(30)22-20(16-10-13-25-14-11-16)21(27-29(22)2)17-6-8-18(24)9-7-17/h3-14H,15H2,1-2H3. The van der Waals surface area contributed by atoms with Gasteiger partial charge in [0.05, 0.1) is 12.2 Å². The SMILES string of the molecule is CN(Cc1ccccn1)C(=O)c1c(-c2ccncc2)c(-c2ccc(F)cc2)nn1C. The first-order valence-corrected chi connectivity index (χ1v) is 9.43. The van der Waals surface area contributed by atoms with Crippen LogP contribution in [0.15, 0.2) is 73.2 Å². The van der Waals surface area contributed by atoms with Crippen molar-refractivity contribution in [1.82, 2.24) is 24.6 Å². The molecule has 6 nitrogen and oxygen atoms in total. The van der Waals surface area contributed by atoms with Crippen LogP contribution in [0.1, 0.15) is 16.2 Å². The van der Waals surface area contributed by atoms with Crippen molar-refractivity contribution in [2.24, 2.45) is 7.05 Å². The van der Waals surface area contributed by atoms with Crippen LogP contribution in [0.4, 0.5) is 4.39 Å². The van der Waals surface area contributed by atoms with Crippen molar-refractivity contribution in [2.45, 2.75) is 6.54 Å². The summed E-state index contributed by atoms with van der Waals surface area (Å²) in [5, 5.41) is 4.61. The Labute approximate surface area is 173 Å². The highest BCUT2D eigenvalue weighted by molar-refractivity contribution is 6.02. The first kappa shape index (κ1) is 19.4. The summed E-state index contributed by atoms with van der Waals surface area (Å²) >= 11 is 0. The Morgan fingerprint density at radius 3 is 2.40 bits per heavy atom. The second-order valence-electron chi connectivity index (χ2n) is 6.92. The molecule has 0 unspecified atom stereocenters. The molecule has 0 bridgehead atoms. The second kappa shape index (κ2) is 8.24. The van der Waals surface area contributed by atoms with Crippen LogP contribution >= 0.6 is 0 Å². The zero-order valence-electron chi connectivity index (χ0n) is 16.7. The van der Waals surface area contributed by atoms with Gasteiger partial charge in [0.1, 0.15) is 17.2 Å². The lowest BCUT2D eigenvalue weighted by Gasteiger charge is -2.18. The number of rotatable bonds is 5. The number of aryl methyl sites for hydroxylation is 1. The minimum absolute atomic E-state index is 0.184. The van der Waals surface area contributed by atoms with E-state index in [1.165, 1.54) is 12.1 Å². The van der Waals surface area contributed by atoms with Crippen LogP contribution in [0.5, 0.6) is 0 Å².